The first-order valence-electron chi connectivity index (χ1n) is 11.9. The minimum absolute atomic E-state index is 0.0295. The van der Waals surface area contributed by atoms with Crippen LogP contribution in [0.4, 0.5) is 0 Å². The smallest absolute Gasteiger partial charge is 0.305 e. The van der Waals surface area contributed by atoms with Crippen LogP contribution in [0.2, 0.25) is 0 Å². The molecule has 0 aromatic heterocycles. The van der Waals surface area contributed by atoms with Crippen molar-refractivity contribution in [3.63, 3.8) is 0 Å². The molecule has 0 radical (unpaired) electrons. The molecule has 0 unspecified atom stereocenters. The SMILES string of the molecule is CC/C=C/C[C@H]1C(=O)CC[C@H]1CC(=O)OC.CC/C=C\C[C@H]1C(=O)CC[C@H]1CC(=O)OC. The Labute approximate surface area is 192 Å². The molecule has 0 heterocycles. The van der Waals surface area contributed by atoms with Crippen LogP contribution in [0.25, 0.3) is 0 Å². The molecule has 0 N–H and O–H groups in total. The number of hydrogen-bond donors (Lipinski definition) is 0. The average Bonchev–Trinajstić information content (AvgIpc) is 3.31. The van der Waals surface area contributed by atoms with Crippen molar-refractivity contribution in [3.8, 4) is 0 Å². The van der Waals surface area contributed by atoms with Gasteiger partial charge < -0.3 is 9.47 Å². The van der Waals surface area contributed by atoms with E-state index in [1.54, 1.807) is 0 Å². The monoisotopic (exact) mass is 448 g/mol. The van der Waals surface area contributed by atoms with E-state index in [1.165, 1.54) is 14.2 Å². The number of rotatable bonds is 10. The lowest BCUT2D eigenvalue weighted by molar-refractivity contribution is -0.143. The lowest BCUT2D eigenvalue weighted by Crippen LogP contribution is -2.18. The maximum Gasteiger partial charge on any atom is 0.305 e. The summed E-state index contributed by atoms with van der Waals surface area (Å²) in [6, 6.07) is 0. The molecule has 0 amide bonds. The van der Waals surface area contributed by atoms with Gasteiger partial charge in [-0.05, 0) is 50.4 Å². The number of carbonyl (C=O) groups is 4. The molecule has 6 nitrogen and oxygen atoms in total. The number of allylic oxidation sites excluding steroid dienone is 4. The highest BCUT2D eigenvalue weighted by Gasteiger charge is 2.35. The van der Waals surface area contributed by atoms with Gasteiger partial charge in [-0.25, -0.2) is 0 Å². The predicted molar refractivity (Wildman–Crippen MR) is 124 cm³/mol. The van der Waals surface area contributed by atoms with Crippen LogP contribution in [0.5, 0.6) is 0 Å². The Hall–Kier alpha value is -2.24. The Kier molecular flexibility index (Phi) is 13.5. The molecule has 2 aliphatic rings. The molecule has 2 fully saturated rings. The van der Waals surface area contributed by atoms with Gasteiger partial charge in [0.2, 0.25) is 0 Å². The summed E-state index contributed by atoms with van der Waals surface area (Å²) in [5, 5.41) is 0. The summed E-state index contributed by atoms with van der Waals surface area (Å²) in [4.78, 5) is 45.7. The number of ketones is 2. The van der Waals surface area contributed by atoms with Crippen LogP contribution in [0.3, 0.4) is 0 Å². The van der Waals surface area contributed by atoms with Gasteiger partial charge in [0, 0.05) is 37.5 Å². The zero-order valence-electron chi connectivity index (χ0n) is 20.1. The fraction of sp³-hybridized carbons (Fsp3) is 0.692. The first-order valence-corrected chi connectivity index (χ1v) is 11.9. The lowest BCUT2D eigenvalue weighted by atomic mass is 9.89. The van der Waals surface area contributed by atoms with E-state index in [0.717, 1.165) is 38.5 Å². The number of carbonyl (C=O) groups excluding carboxylic acids is 4. The van der Waals surface area contributed by atoms with Crippen molar-refractivity contribution in [3.05, 3.63) is 24.3 Å². The molecule has 0 aromatic carbocycles. The second kappa shape index (κ2) is 15.5. The third-order valence-corrected chi connectivity index (χ3v) is 6.39. The van der Waals surface area contributed by atoms with Crippen LogP contribution in [0, 0.1) is 23.7 Å². The van der Waals surface area contributed by atoms with Gasteiger partial charge in [-0.3, -0.25) is 19.2 Å². The van der Waals surface area contributed by atoms with E-state index in [4.69, 9.17) is 0 Å². The molecule has 0 aromatic rings. The normalized spacial score (nSPS) is 25.2. The highest BCUT2D eigenvalue weighted by Crippen LogP contribution is 2.35. The maximum absolute atomic E-state index is 11.7. The Bertz CT molecular complexity index is 620. The largest absolute Gasteiger partial charge is 0.469 e. The third kappa shape index (κ3) is 9.49. The number of esters is 2. The van der Waals surface area contributed by atoms with E-state index < -0.39 is 0 Å². The summed E-state index contributed by atoms with van der Waals surface area (Å²) in [7, 11) is 2.79. The highest BCUT2D eigenvalue weighted by molar-refractivity contribution is 5.85. The first kappa shape index (κ1) is 27.8. The fourth-order valence-corrected chi connectivity index (χ4v) is 4.50. The number of ether oxygens (including phenoxy) is 2. The van der Waals surface area contributed by atoms with Gasteiger partial charge in [-0.2, -0.15) is 0 Å². The quantitative estimate of drug-likeness (QED) is 0.345. The molecular weight excluding hydrogens is 408 g/mol. The van der Waals surface area contributed by atoms with Gasteiger partial charge in [-0.1, -0.05) is 38.2 Å². The number of hydrogen-bond acceptors (Lipinski definition) is 6. The number of Topliss-reactive ketones (excluding diaryl/α,β-unsaturated/α-hetero) is 2. The molecule has 2 rings (SSSR count). The van der Waals surface area contributed by atoms with Crippen molar-refractivity contribution in [2.24, 2.45) is 23.7 Å². The van der Waals surface area contributed by atoms with Crippen LogP contribution in [0.1, 0.15) is 78.1 Å². The molecular formula is C26H40O6. The van der Waals surface area contributed by atoms with E-state index in [0.29, 0.717) is 37.2 Å². The van der Waals surface area contributed by atoms with Crippen molar-refractivity contribution < 1.29 is 28.7 Å². The summed E-state index contributed by atoms with van der Waals surface area (Å²) >= 11 is 0. The molecule has 0 aliphatic heterocycles. The third-order valence-electron chi connectivity index (χ3n) is 6.39. The number of methoxy groups -OCH3 is 2. The summed E-state index contributed by atoms with van der Waals surface area (Å²) in [6.45, 7) is 4.14. The first-order chi connectivity index (χ1) is 15.4. The van der Waals surface area contributed by atoms with Crippen LogP contribution >= 0.6 is 0 Å². The van der Waals surface area contributed by atoms with Crippen LogP contribution in [-0.4, -0.2) is 37.7 Å². The van der Waals surface area contributed by atoms with E-state index in [1.807, 2.05) is 0 Å². The molecule has 2 aliphatic carbocycles. The van der Waals surface area contributed by atoms with E-state index in [9.17, 15) is 19.2 Å². The van der Waals surface area contributed by atoms with E-state index in [-0.39, 0.29) is 35.6 Å². The van der Waals surface area contributed by atoms with Crippen molar-refractivity contribution >= 4 is 23.5 Å². The summed E-state index contributed by atoms with van der Waals surface area (Å²) in [5.41, 5.74) is 0. The minimum Gasteiger partial charge on any atom is -0.469 e. The average molecular weight is 449 g/mol. The van der Waals surface area contributed by atoms with Crippen molar-refractivity contribution in [1.82, 2.24) is 0 Å². The standard InChI is InChI=1S/2C13H20O3/c2*1-3-4-5-6-11-10(7-8-12(11)14)9-13(15)16-2/h2*4-5,10-11H,3,6-9H2,1-2H3/b5-4+;5-4-/t2*10-,11+/m00/s1. The summed E-state index contributed by atoms with van der Waals surface area (Å²) in [6.07, 6.45) is 15.4. The zero-order chi connectivity index (χ0) is 23.9. The fourth-order valence-electron chi connectivity index (χ4n) is 4.50. The van der Waals surface area contributed by atoms with Gasteiger partial charge in [-0.15, -0.1) is 0 Å². The van der Waals surface area contributed by atoms with Crippen molar-refractivity contribution in [2.45, 2.75) is 78.1 Å². The molecule has 0 saturated heterocycles. The second-order valence-electron chi connectivity index (χ2n) is 8.53. The molecule has 32 heavy (non-hydrogen) atoms. The molecule has 4 atom stereocenters. The molecule has 180 valence electrons. The van der Waals surface area contributed by atoms with Crippen LogP contribution in [0.15, 0.2) is 24.3 Å². The Balaban J connectivity index is 0.000000320. The van der Waals surface area contributed by atoms with Gasteiger partial charge in [0.05, 0.1) is 14.2 Å². The molecule has 2 saturated carbocycles. The predicted octanol–water partition coefficient (Wildman–Crippen LogP) is 5.00. The molecule has 0 bridgehead atoms. The summed E-state index contributed by atoms with van der Waals surface area (Å²) < 4.78 is 9.31. The maximum atomic E-state index is 11.7. The zero-order valence-corrected chi connectivity index (χ0v) is 20.1. The van der Waals surface area contributed by atoms with E-state index in [2.05, 4.69) is 47.6 Å². The van der Waals surface area contributed by atoms with Crippen LogP contribution < -0.4 is 0 Å². The lowest BCUT2D eigenvalue weighted by Gasteiger charge is -2.15. The highest BCUT2D eigenvalue weighted by atomic mass is 16.5. The van der Waals surface area contributed by atoms with Crippen molar-refractivity contribution in [2.75, 3.05) is 14.2 Å². The molecule has 0 spiro atoms. The Morgan fingerprint density at radius 3 is 1.44 bits per heavy atom. The Morgan fingerprint density at radius 1 is 0.750 bits per heavy atom. The summed E-state index contributed by atoms with van der Waals surface area (Å²) in [5.74, 6) is 0.615. The van der Waals surface area contributed by atoms with E-state index >= 15 is 0 Å². The Morgan fingerprint density at radius 2 is 1.12 bits per heavy atom. The van der Waals surface area contributed by atoms with Gasteiger partial charge in [0.1, 0.15) is 11.6 Å². The topological polar surface area (TPSA) is 86.7 Å². The second-order valence-corrected chi connectivity index (χ2v) is 8.53. The van der Waals surface area contributed by atoms with Gasteiger partial charge in [0.15, 0.2) is 0 Å². The van der Waals surface area contributed by atoms with Gasteiger partial charge >= 0.3 is 11.9 Å². The van der Waals surface area contributed by atoms with Crippen LogP contribution in [-0.2, 0) is 28.7 Å². The minimum atomic E-state index is -0.204. The molecule has 6 heteroatoms. The van der Waals surface area contributed by atoms with Gasteiger partial charge in [0.25, 0.3) is 0 Å². The van der Waals surface area contributed by atoms with Crippen molar-refractivity contribution in [1.29, 1.82) is 0 Å².